The fourth-order valence-corrected chi connectivity index (χ4v) is 2.51. The summed E-state index contributed by atoms with van der Waals surface area (Å²) in [5, 5.41) is 1.69. The van der Waals surface area contributed by atoms with Crippen LogP contribution < -0.4 is 0 Å². The second-order valence-electron chi connectivity index (χ2n) is 5.85. The summed E-state index contributed by atoms with van der Waals surface area (Å²) in [6.45, 7) is 4.12. The van der Waals surface area contributed by atoms with Gasteiger partial charge in [-0.2, -0.15) is 13.2 Å². The van der Waals surface area contributed by atoms with E-state index in [4.69, 9.17) is 16.4 Å². The first-order chi connectivity index (χ1) is 10.6. The summed E-state index contributed by atoms with van der Waals surface area (Å²) in [5.41, 5.74) is 1.34. The summed E-state index contributed by atoms with van der Waals surface area (Å²) < 4.78 is 39.0. The number of alkyl halides is 3. The van der Waals surface area contributed by atoms with Crippen molar-refractivity contribution < 1.29 is 18.0 Å². The molecule has 0 bridgehead atoms. The van der Waals surface area contributed by atoms with Crippen LogP contribution in [0, 0.1) is 6.92 Å². The molecule has 2 atom stereocenters. The van der Waals surface area contributed by atoms with Gasteiger partial charge in [-0.3, -0.25) is 0 Å². The van der Waals surface area contributed by atoms with E-state index in [1.54, 1.807) is 25.1 Å². The van der Waals surface area contributed by atoms with E-state index >= 15 is 0 Å². The van der Waals surface area contributed by atoms with Crippen molar-refractivity contribution in [1.82, 2.24) is 9.96 Å². The van der Waals surface area contributed by atoms with Gasteiger partial charge in [-0.1, -0.05) is 23.7 Å². The minimum absolute atomic E-state index is 0.142. The van der Waals surface area contributed by atoms with Crippen LogP contribution in [0.1, 0.15) is 18.1 Å². The molecule has 0 aromatic heterocycles. The Morgan fingerprint density at radius 3 is 2.57 bits per heavy atom. The second kappa shape index (κ2) is 6.67. The molecule has 1 aliphatic heterocycles. The summed E-state index contributed by atoms with van der Waals surface area (Å²) >= 11 is 6.09. The standard InChI is InChI=1S/C15H19ClF3N3O/c1-9-5-6-11(7-12(9)16)13-20-14(15(17,18)19)23-22(13)10(2)8-21(3)4/h5-7,10,14H,8H2,1-4H3. The third-order valence-electron chi connectivity index (χ3n) is 3.40. The molecule has 1 aliphatic rings. The Kier molecular flexibility index (Phi) is 5.23. The van der Waals surface area contributed by atoms with Gasteiger partial charge >= 0.3 is 6.18 Å². The first-order valence-electron chi connectivity index (χ1n) is 7.11. The zero-order chi connectivity index (χ0) is 17.4. The fourth-order valence-electron chi connectivity index (χ4n) is 2.33. The van der Waals surface area contributed by atoms with Crippen LogP contribution in [-0.4, -0.2) is 54.9 Å². The van der Waals surface area contributed by atoms with Crippen LogP contribution in [0.4, 0.5) is 13.2 Å². The number of hydroxylamine groups is 2. The fraction of sp³-hybridized carbons (Fsp3) is 0.533. The summed E-state index contributed by atoms with van der Waals surface area (Å²) in [4.78, 5) is 10.7. The van der Waals surface area contributed by atoms with Crippen LogP contribution in [0.15, 0.2) is 23.2 Å². The van der Waals surface area contributed by atoms with Crippen molar-refractivity contribution in [3.8, 4) is 0 Å². The Hall–Kier alpha value is -1.31. The second-order valence-corrected chi connectivity index (χ2v) is 6.26. The maximum Gasteiger partial charge on any atom is 0.437 e. The Bertz CT molecular complexity index is 604. The molecule has 0 aliphatic carbocycles. The molecule has 0 spiro atoms. The summed E-state index contributed by atoms with van der Waals surface area (Å²) in [5.74, 6) is 0.142. The van der Waals surface area contributed by atoms with Gasteiger partial charge in [-0.25, -0.2) is 14.9 Å². The molecule has 1 aromatic rings. The number of rotatable bonds is 4. The highest BCUT2D eigenvalue weighted by atomic mass is 35.5. The van der Waals surface area contributed by atoms with Gasteiger partial charge in [0.25, 0.3) is 6.23 Å². The van der Waals surface area contributed by atoms with Crippen LogP contribution in [0.25, 0.3) is 0 Å². The quantitative estimate of drug-likeness (QED) is 0.833. The number of likely N-dealkylation sites (N-methyl/N-ethyl adjacent to an activating group) is 1. The molecule has 0 amide bonds. The van der Waals surface area contributed by atoms with E-state index in [0.717, 1.165) is 5.56 Å². The first kappa shape index (κ1) is 18.0. The van der Waals surface area contributed by atoms with Gasteiger partial charge < -0.3 is 4.90 Å². The highest BCUT2D eigenvalue weighted by Crippen LogP contribution is 2.32. The monoisotopic (exact) mass is 349 g/mol. The molecule has 23 heavy (non-hydrogen) atoms. The molecule has 2 unspecified atom stereocenters. The van der Waals surface area contributed by atoms with E-state index in [9.17, 15) is 13.2 Å². The van der Waals surface area contributed by atoms with Crippen molar-refractivity contribution in [2.24, 2.45) is 4.99 Å². The van der Waals surface area contributed by atoms with Crippen molar-refractivity contribution in [2.45, 2.75) is 32.3 Å². The topological polar surface area (TPSA) is 28.1 Å². The van der Waals surface area contributed by atoms with Gasteiger partial charge in [-0.05, 0) is 39.6 Å². The molecule has 0 saturated carbocycles. The van der Waals surface area contributed by atoms with E-state index in [1.165, 1.54) is 5.06 Å². The lowest BCUT2D eigenvalue weighted by Gasteiger charge is -2.29. The number of halogens is 4. The molecule has 1 aromatic carbocycles. The van der Waals surface area contributed by atoms with Crippen LogP contribution in [0.3, 0.4) is 0 Å². The predicted octanol–water partition coefficient (Wildman–Crippen LogP) is 3.48. The number of amidine groups is 1. The van der Waals surface area contributed by atoms with Crippen LogP contribution >= 0.6 is 11.6 Å². The van der Waals surface area contributed by atoms with E-state index in [0.29, 0.717) is 17.1 Å². The molecule has 8 heteroatoms. The lowest BCUT2D eigenvalue weighted by atomic mass is 10.1. The van der Waals surface area contributed by atoms with Gasteiger partial charge in [0.1, 0.15) is 0 Å². The van der Waals surface area contributed by atoms with E-state index in [1.807, 2.05) is 25.9 Å². The number of nitrogens with zero attached hydrogens (tertiary/aromatic N) is 3. The molecule has 128 valence electrons. The maximum atomic E-state index is 13.0. The third kappa shape index (κ3) is 4.16. The number of hydrogen-bond acceptors (Lipinski definition) is 4. The van der Waals surface area contributed by atoms with Crippen molar-refractivity contribution in [3.05, 3.63) is 34.3 Å². The van der Waals surface area contributed by atoms with Crippen molar-refractivity contribution in [1.29, 1.82) is 0 Å². The largest absolute Gasteiger partial charge is 0.437 e. The third-order valence-corrected chi connectivity index (χ3v) is 3.81. The predicted molar refractivity (Wildman–Crippen MR) is 83.5 cm³/mol. The van der Waals surface area contributed by atoms with E-state index < -0.39 is 12.4 Å². The SMILES string of the molecule is Cc1ccc(C2=NC(C(F)(F)F)ON2C(C)CN(C)C)cc1Cl. The number of aliphatic imine (C=N–C) groups is 1. The molecule has 0 radical (unpaired) electrons. The van der Waals surface area contributed by atoms with Crippen molar-refractivity contribution in [2.75, 3.05) is 20.6 Å². The number of aryl methyl sites for hydroxylation is 1. The Morgan fingerprint density at radius 2 is 2.04 bits per heavy atom. The highest BCUT2D eigenvalue weighted by Gasteiger charge is 2.48. The van der Waals surface area contributed by atoms with Crippen LogP contribution in [0.5, 0.6) is 0 Å². The molecule has 0 N–H and O–H groups in total. The molecule has 1 heterocycles. The Morgan fingerprint density at radius 1 is 1.39 bits per heavy atom. The number of benzene rings is 1. The molecule has 0 fully saturated rings. The van der Waals surface area contributed by atoms with Gasteiger partial charge in [0, 0.05) is 17.1 Å². The summed E-state index contributed by atoms with van der Waals surface area (Å²) in [7, 11) is 3.68. The summed E-state index contributed by atoms with van der Waals surface area (Å²) in [6.07, 6.45) is -6.76. The van der Waals surface area contributed by atoms with Crippen LogP contribution in [-0.2, 0) is 4.84 Å². The van der Waals surface area contributed by atoms with Gasteiger partial charge in [0.2, 0.25) is 0 Å². The molecule has 0 saturated heterocycles. The number of hydrogen-bond donors (Lipinski definition) is 0. The van der Waals surface area contributed by atoms with E-state index in [-0.39, 0.29) is 11.9 Å². The van der Waals surface area contributed by atoms with E-state index in [2.05, 4.69) is 4.99 Å². The first-order valence-corrected chi connectivity index (χ1v) is 7.49. The molecular formula is C15H19ClF3N3O. The van der Waals surface area contributed by atoms with Crippen molar-refractivity contribution >= 4 is 17.4 Å². The Balaban J connectivity index is 2.37. The lowest BCUT2D eigenvalue weighted by Crippen LogP contribution is -2.43. The van der Waals surface area contributed by atoms with Gasteiger partial charge in [-0.15, -0.1) is 0 Å². The highest BCUT2D eigenvalue weighted by molar-refractivity contribution is 6.31. The maximum absolute atomic E-state index is 13.0. The zero-order valence-electron chi connectivity index (χ0n) is 13.4. The average Bonchev–Trinajstić information content (AvgIpc) is 2.86. The van der Waals surface area contributed by atoms with Crippen molar-refractivity contribution in [3.63, 3.8) is 0 Å². The zero-order valence-corrected chi connectivity index (χ0v) is 14.1. The normalized spacial score (nSPS) is 20.1. The van der Waals surface area contributed by atoms with Gasteiger partial charge in [0.05, 0.1) is 6.04 Å². The minimum atomic E-state index is -4.56. The Labute approximate surface area is 138 Å². The molecule has 2 rings (SSSR count). The lowest BCUT2D eigenvalue weighted by molar-refractivity contribution is -0.268. The minimum Gasteiger partial charge on any atom is -0.307 e. The smallest absolute Gasteiger partial charge is 0.307 e. The average molecular weight is 350 g/mol. The summed E-state index contributed by atoms with van der Waals surface area (Å²) in [6, 6.07) is 4.73. The molecular weight excluding hydrogens is 331 g/mol. The van der Waals surface area contributed by atoms with Gasteiger partial charge in [0.15, 0.2) is 5.84 Å². The molecule has 4 nitrogen and oxygen atoms in total. The van der Waals surface area contributed by atoms with Crippen LogP contribution in [0.2, 0.25) is 5.02 Å².